The number of carbonyl (C=O) groups excluding carboxylic acids is 1. The van der Waals surface area contributed by atoms with E-state index in [0.29, 0.717) is 36.7 Å². The molecule has 35 heavy (non-hydrogen) atoms. The lowest BCUT2D eigenvalue weighted by atomic mass is 9.77. The number of aromatic hydroxyl groups is 1. The Morgan fingerprint density at radius 3 is 2.57 bits per heavy atom. The minimum Gasteiger partial charge on any atom is -0.508 e. The van der Waals surface area contributed by atoms with Crippen LogP contribution in [0.1, 0.15) is 68.1 Å². The van der Waals surface area contributed by atoms with Gasteiger partial charge in [-0.2, -0.15) is 0 Å². The quantitative estimate of drug-likeness (QED) is 0.523. The summed E-state index contributed by atoms with van der Waals surface area (Å²) in [6, 6.07) is 14.2. The van der Waals surface area contributed by atoms with Gasteiger partial charge in [0.15, 0.2) is 0 Å². The minimum atomic E-state index is -0.263. The topological polar surface area (TPSA) is 49.8 Å². The number of allylic oxidation sites excluding steroid dienone is 1. The van der Waals surface area contributed by atoms with Gasteiger partial charge in [0.25, 0.3) is 0 Å². The summed E-state index contributed by atoms with van der Waals surface area (Å²) in [5.74, 6) is 2.01. The molecule has 0 radical (unpaired) electrons. The maximum atomic E-state index is 12.5. The summed E-state index contributed by atoms with van der Waals surface area (Å²) >= 11 is 0. The molecule has 1 saturated heterocycles. The van der Waals surface area contributed by atoms with E-state index in [0.717, 1.165) is 63.9 Å². The molecule has 1 atom stereocenters. The van der Waals surface area contributed by atoms with Gasteiger partial charge in [-0.25, -0.2) is 0 Å². The first kappa shape index (κ1) is 24.1. The van der Waals surface area contributed by atoms with Crippen molar-refractivity contribution >= 4 is 11.4 Å². The number of alkyl halides is 1. The van der Waals surface area contributed by atoms with Crippen LogP contribution in [-0.2, 0) is 11.2 Å². The van der Waals surface area contributed by atoms with Gasteiger partial charge >= 0.3 is 0 Å². The van der Waals surface area contributed by atoms with Gasteiger partial charge in [0.05, 0.1) is 6.67 Å². The van der Waals surface area contributed by atoms with Gasteiger partial charge in [-0.15, -0.1) is 0 Å². The molecule has 5 rings (SSSR count). The van der Waals surface area contributed by atoms with Gasteiger partial charge in [-0.3, -0.25) is 14.1 Å². The Hall–Kier alpha value is -2.66. The highest BCUT2D eigenvalue weighted by Gasteiger charge is 2.28. The van der Waals surface area contributed by atoms with Gasteiger partial charge in [0, 0.05) is 32.5 Å². The van der Waals surface area contributed by atoms with Crippen molar-refractivity contribution in [3.63, 3.8) is 0 Å². The maximum absolute atomic E-state index is 12.5. The van der Waals surface area contributed by atoms with Crippen LogP contribution in [0, 0.1) is 5.92 Å². The first-order chi connectivity index (χ1) is 17.1. The number of halogens is 1. The van der Waals surface area contributed by atoms with Gasteiger partial charge < -0.3 is 9.84 Å². The number of phenols is 1. The Bertz CT molecular complexity index is 1070. The number of rotatable bonds is 7. The van der Waals surface area contributed by atoms with Crippen LogP contribution in [0.3, 0.4) is 0 Å². The highest BCUT2D eigenvalue weighted by Crippen LogP contribution is 2.43. The molecule has 3 aliphatic rings. The van der Waals surface area contributed by atoms with Gasteiger partial charge in [-0.1, -0.05) is 23.8 Å². The second kappa shape index (κ2) is 10.9. The average Bonchev–Trinajstić information content (AvgIpc) is 3.22. The zero-order valence-electron chi connectivity index (χ0n) is 20.5. The largest absolute Gasteiger partial charge is 0.508 e. The molecule has 1 saturated carbocycles. The van der Waals surface area contributed by atoms with Crippen molar-refractivity contribution in [2.75, 3.05) is 26.3 Å². The first-order valence-electron chi connectivity index (χ1n) is 13.2. The zero-order valence-corrected chi connectivity index (χ0v) is 20.5. The highest BCUT2D eigenvalue weighted by atomic mass is 19.1. The van der Waals surface area contributed by atoms with Gasteiger partial charge in [0.1, 0.15) is 23.4 Å². The molecule has 0 unspecified atom stereocenters. The summed E-state index contributed by atoms with van der Waals surface area (Å²) in [5, 5.41) is 10.1. The second-order valence-corrected chi connectivity index (χ2v) is 10.3. The summed E-state index contributed by atoms with van der Waals surface area (Å²) in [7, 11) is 0. The fraction of sp³-hybridized carbons (Fsp3) is 0.500. The Kier molecular flexibility index (Phi) is 7.52. The molecule has 0 bridgehead atoms. The van der Waals surface area contributed by atoms with Crippen LogP contribution in [0.15, 0.2) is 48.0 Å². The van der Waals surface area contributed by atoms with E-state index < -0.39 is 0 Å². The molecule has 0 spiro atoms. The van der Waals surface area contributed by atoms with E-state index in [2.05, 4.69) is 35.2 Å². The number of phenolic OH excluding ortho intramolecular Hbond substituents is 1. The summed E-state index contributed by atoms with van der Waals surface area (Å²) in [4.78, 5) is 14.2. The van der Waals surface area contributed by atoms with Crippen LogP contribution in [-0.4, -0.2) is 48.2 Å². The van der Waals surface area contributed by atoms with Crippen LogP contribution in [0.5, 0.6) is 11.5 Å². The number of aryl methyl sites for hydroxylation is 1. The summed E-state index contributed by atoms with van der Waals surface area (Å²) < 4.78 is 18.8. The number of hydrogen-bond donors (Lipinski definition) is 1. The normalized spacial score (nSPS) is 21.7. The fourth-order valence-corrected chi connectivity index (χ4v) is 6.11. The van der Waals surface area contributed by atoms with Crippen molar-refractivity contribution in [3.05, 3.63) is 64.7 Å². The van der Waals surface area contributed by atoms with E-state index in [-0.39, 0.29) is 12.8 Å². The van der Waals surface area contributed by atoms with Crippen LogP contribution in [0.2, 0.25) is 0 Å². The number of fused-ring (bicyclic) bond motifs is 1. The van der Waals surface area contributed by atoms with Crippen molar-refractivity contribution < 1.29 is 19.0 Å². The van der Waals surface area contributed by atoms with E-state index in [1.807, 2.05) is 6.07 Å². The lowest BCUT2D eigenvalue weighted by molar-refractivity contribution is -0.120. The standard InChI is InChI=1S/C30H36FNO3/c31-16-2-17-32-18-15-27(20-32)35-26-12-7-22(8-13-26)30-28(21-5-9-24(33)10-6-21)4-1-3-23-19-25(34)11-14-29(23)30/h7-8,11-14,19,21,27,34H,1-6,9-10,15-18,20H2/t27-/m0/s1. The van der Waals surface area contributed by atoms with Crippen LogP contribution < -0.4 is 4.74 Å². The van der Waals surface area contributed by atoms with Crippen molar-refractivity contribution in [2.45, 2.75) is 63.9 Å². The van der Waals surface area contributed by atoms with Gasteiger partial charge in [-0.05, 0) is 97.4 Å². The van der Waals surface area contributed by atoms with E-state index >= 15 is 0 Å². The second-order valence-electron chi connectivity index (χ2n) is 10.3. The zero-order chi connectivity index (χ0) is 24.2. The number of Topliss-reactive ketones (excluding diaryl/α,β-unsaturated/α-hetero) is 1. The molecule has 2 aromatic carbocycles. The summed E-state index contributed by atoms with van der Waals surface area (Å²) in [6.07, 6.45) is 7.98. The van der Waals surface area contributed by atoms with Crippen molar-refractivity contribution in [2.24, 2.45) is 5.92 Å². The molecule has 2 fully saturated rings. The third-order valence-electron chi connectivity index (χ3n) is 7.89. The first-order valence-corrected chi connectivity index (χ1v) is 13.2. The van der Waals surface area contributed by atoms with Crippen LogP contribution in [0.25, 0.3) is 5.57 Å². The number of benzene rings is 2. The summed E-state index contributed by atoms with van der Waals surface area (Å²) in [5.41, 5.74) is 6.33. The Morgan fingerprint density at radius 1 is 1.00 bits per heavy atom. The Balaban J connectivity index is 1.41. The molecule has 1 N–H and O–H groups in total. The molecular formula is C30H36FNO3. The lowest BCUT2D eigenvalue weighted by Crippen LogP contribution is -2.26. The SMILES string of the molecule is O=C1CCC(C2=C(c3ccc(O[C@H]4CCN(CCCF)C4)cc3)c3ccc(O)cc3CCC2)CC1. The maximum Gasteiger partial charge on any atom is 0.132 e. The number of likely N-dealkylation sites (tertiary alicyclic amines) is 1. The number of ether oxygens (including phenoxy) is 1. The molecule has 186 valence electrons. The van der Waals surface area contributed by atoms with Crippen LogP contribution >= 0.6 is 0 Å². The Morgan fingerprint density at radius 2 is 1.80 bits per heavy atom. The predicted molar refractivity (Wildman–Crippen MR) is 137 cm³/mol. The van der Waals surface area contributed by atoms with E-state index in [1.165, 1.54) is 27.8 Å². The predicted octanol–water partition coefficient (Wildman–Crippen LogP) is 6.10. The third-order valence-corrected chi connectivity index (χ3v) is 7.89. The van der Waals surface area contributed by atoms with Crippen molar-refractivity contribution in [1.29, 1.82) is 0 Å². The van der Waals surface area contributed by atoms with E-state index in [4.69, 9.17) is 4.74 Å². The fourth-order valence-electron chi connectivity index (χ4n) is 6.11. The van der Waals surface area contributed by atoms with Crippen molar-refractivity contribution in [1.82, 2.24) is 4.90 Å². The molecule has 1 heterocycles. The summed E-state index contributed by atoms with van der Waals surface area (Å²) in [6.45, 7) is 2.36. The average molecular weight is 478 g/mol. The lowest BCUT2D eigenvalue weighted by Gasteiger charge is -2.27. The minimum absolute atomic E-state index is 0.150. The van der Waals surface area contributed by atoms with Crippen molar-refractivity contribution in [3.8, 4) is 11.5 Å². The van der Waals surface area contributed by atoms with Crippen LogP contribution in [0.4, 0.5) is 4.39 Å². The Labute approximate surface area is 207 Å². The third kappa shape index (κ3) is 5.61. The number of carbonyl (C=O) groups is 1. The molecule has 2 aliphatic carbocycles. The van der Waals surface area contributed by atoms with E-state index in [9.17, 15) is 14.3 Å². The number of hydrogen-bond acceptors (Lipinski definition) is 4. The monoisotopic (exact) mass is 477 g/mol. The molecule has 0 amide bonds. The number of nitrogens with zero attached hydrogens (tertiary/aromatic N) is 1. The number of ketones is 1. The molecule has 1 aliphatic heterocycles. The van der Waals surface area contributed by atoms with E-state index in [1.54, 1.807) is 6.07 Å². The molecular weight excluding hydrogens is 441 g/mol. The molecule has 5 heteroatoms. The smallest absolute Gasteiger partial charge is 0.132 e. The molecule has 2 aromatic rings. The highest BCUT2D eigenvalue weighted by molar-refractivity contribution is 5.85. The molecule has 0 aromatic heterocycles. The van der Waals surface area contributed by atoms with Gasteiger partial charge in [0.2, 0.25) is 0 Å². The molecule has 4 nitrogen and oxygen atoms in total.